The molecule has 4 rings (SSSR count). The predicted molar refractivity (Wildman–Crippen MR) is 126 cm³/mol. The number of benzene rings is 2. The summed E-state index contributed by atoms with van der Waals surface area (Å²) in [7, 11) is 3.07. The van der Waals surface area contributed by atoms with E-state index in [0.29, 0.717) is 32.1 Å². The Bertz CT molecular complexity index is 1470. The summed E-state index contributed by atoms with van der Waals surface area (Å²) in [5.41, 5.74) is 1.04. The van der Waals surface area contributed by atoms with Crippen LogP contribution in [0.4, 0.5) is 4.39 Å². The van der Waals surface area contributed by atoms with E-state index in [4.69, 9.17) is 14.2 Å². The minimum absolute atomic E-state index is 0.136. The molecular formula is C25H23FN2O5S. The molecular weight excluding hydrogens is 459 g/mol. The average molecular weight is 483 g/mol. The number of nitrogens with zero attached hydrogens (tertiary/aromatic N) is 2. The van der Waals surface area contributed by atoms with Gasteiger partial charge in [-0.25, -0.2) is 14.2 Å². The Hall–Kier alpha value is -3.72. The number of carbonyl (C=O) groups is 1. The lowest BCUT2D eigenvalue weighted by Crippen LogP contribution is -2.40. The van der Waals surface area contributed by atoms with Crippen LogP contribution in [0.2, 0.25) is 0 Å². The van der Waals surface area contributed by atoms with Gasteiger partial charge in [-0.2, -0.15) is 0 Å². The summed E-state index contributed by atoms with van der Waals surface area (Å²) in [4.78, 5) is 31.3. The third-order valence-corrected chi connectivity index (χ3v) is 6.41. The number of halogens is 1. The molecule has 0 saturated carbocycles. The Morgan fingerprint density at radius 1 is 1.18 bits per heavy atom. The molecule has 0 saturated heterocycles. The van der Waals surface area contributed by atoms with Gasteiger partial charge in [-0.3, -0.25) is 9.36 Å². The molecule has 0 radical (unpaired) electrons. The maximum atomic E-state index is 14.9. The zero-order valence-electron chi connectivity index (χ0n) is 19.1. The first kappa shape index (κ1) is 23.4. The van der Waals surface area contributed by atoms with E-state index in [9.17, 15) is 14.0 Å². The minimum atomic E-state index is -0.996. The van der Waals surface area contributed by atoms with Crippen molar-refractivity contribution in [1.29, 1.82) is 0 Å². The third-order valence-electron chi connectivity index (χ3n) is 5.42. The van der Waals surface area contributed by atoms with Crippen molar-refractivity contribution < 1.29 is 23.4 Å². The summed E-state index contributed by atoms with van der Waals surface area (Å²) in [5.74, 6) is -0.0753. The van der Waals surface area contributed by atoms with Crippen LogP contribution in [0.25, 0.3) is 6.08 Å². The van der Waals surface area contributed by atoms with Crippen molar-refractivity contribution in [3.8, 4) is 11.5 Å². The molecule has 0 N–H and O–H groups in total. The fourth-order valence-electron chi connectivity index (χ4n) is 3.88. The maximum absolute atomic E-state index is 14.9. The molecule has 7 nitrogen and oxygen atoms in total. The van der Waals surface area contributed by atoms with E-state index in [-0.39, 0.29) is 23.3 Å². The molecule has 1 unspecified atom stereocenters. The first-order valence-electron chi connectivity index (χ1n) is 10.6. The van der Waals surface area contributed by atoms with E-state index in [1.54, 1.807) is 63.4 Å². The van der Waals surface area contributed by atoms with Gasteiger partial charge in [0.15, 0.2) is 16.3 Å². The number of aromatic nitrogens is 1. The highest BCUT2D eigenvalue weighted by molar-refractivity contribution is 7.07. The van der Waals surface area contributed by atoms with Crippen LogP contribution in [0.1, 0.15) is 31.0 Å². The first-order valence-corrected chi connectivity index (χ1v) is 11.4. The van der Waals surface area contributed by atoms with Crippen molar-refractivity contribution in [3.63, 3.8) is 0 Å². The maximum Gasteiger partial charge on any atom is 0.338 e. The number of hydrogen-bond acceptors (Lipinski definition) is 7. The molecule has 1 aliphatic rings. The summed E-state index contributed by atoms with van der Waals surface area (Å²) in [6.45, 7) is 3.49. The van der Waals surface area contributed by atoms with Crippen LogP contribution in [0.3, 0.4) is 0 Å². The van der Waals surface area contributed by atoms with Gasteiger partial charge in [-0.15, -0.1) is 0 Å². The number of thiazole rings is 1. The molecule has 1 aliphatic heterocycles. The molecule has 2 aromatic carbocycles. The second-order valence-corrected chi connectivity index (χ2v) is 8.45. The Labute approximate surface area is 199 Å². The predicted octanol–water partition coefficient (Wildman–Crippen LogP) is 2.95. The average Bonchev–Trinajstić information content (AvgIpc) is 3.13. The smallest absolute Gasteiger partial charge is 0.338 e. The van der Waals surface area contributed by atoms with Crippen LogP contribution in [-0.4, -0.2) is 31.4 Å². The molecule has 0 amide bonds. The molecule has 0 bridgehead atoms. The van der Waals surface area contributed by atoms with Gasteiger partial charge in [0.05, 0.1) is 36.6 Å². The fourth-order valence-corrected chi connectivity index (χ4v) is 4.92. The van der Waals surface area contributed by atoms with Crippen molar-refractivity contribution in [2.45, 2.75) is 19.9 Å². The highest BCUT2D eigenvalue weighted by Crippen LogP contribution is 2.32. The van der Waals surface area contributed by atoms with E-state index in [1.807, 2.05) is 0 Å². The SMILES string of the molecule is CCOC(=O)C1=C(C)N=c2s/c(=C/c3ccc(OC)c(OC)c3)c(=O)n2C1c1ccccc1F. The number of hydrogen-bond donors (Lipinski definition) is 0. The lowest BCUT2D eigenvalue weighted by atomic mass is 9.95. The Balaban J connectivity index is 1.95. The summed E-state index contributed by atoms with van der Waals surface area (Å²) < 4.78 is 32.5. The summed E-state index contributed by atoms with van der Waals surface area (Å²) >= 11 is 1.16. The first-order chi connectivity index (χ1) is 16.4. The lowest BCUT2D eigenvalue weighted by molar-refractivity contribution is -0.139. The number of esters is 1. The monoisotopic (exact) mass is 482 g/mol. The fraction of sp³-hybridized carbons (Fsp3) is 0.240. The van der Waals surface area contributed by atoms with Crippen molar-refractivity contribution in [2.75, 3.05) is 20.8 Å². The number of ether oxygens (including phenoxy) is 3. The molecule has 1 atom stereocenters. The Kier molecular flexibility index (Phi) is 6.65. The van der Waals surface area contributed by atoms with Crippen LogP contribution in [0, 0.1) is 5.82 Å². The second-order valence-electron chi connectivity index (χ2n) is 7.44. The molecule has 0 fully saturated rings. The van der Waals surface area contributed by atoms with Crippen molar-refractivity contribution in [1.82, 2.24) is 4.57 Å². The minimum Gasteiger partial charge on any atom is -0.493 e. The second kappa shape index (κ2) is 9.64. The number of fused-ring (bicyclic) bond motifs is 1. The number of allylic oxidation sites excluding steroid dienone is 1. The van der Waals surface area contributed by atoms with Crippen LogP contribution >= 0.6 is 11.3 Å². The van der Waals surface area contributed by atoms with Crippen LogP contribution in [-0.2, 0) is 9.53 Å². The van der Waals surface area contributed by atoms with Gasteiger partial charge in [0, 0.05) is 5.56 Å². The Morgan fingerprint density at radius 3 is 2.59 bits per heavy atom. The van der Waals surface area contributed by atoms with Gasteiger partial charge >= 0.3 is 5.97 Å². The van der Waals surface area contributed by atoms with Crippen molar-refractivity contribution in [3.05, 3.63) is 90.4 Å². The zero-order valence-corrected chi connectivity index (χ0v) is 19.9. The standard InChI is InChI=1S/C25H23FN2O5S/c1-5-33-24(30)21-14(2)27-25-28(22(21)16-8-6-7-9-17(16)26)23(29)20(34-25)13-15-10-11-18(31-3)19(12-15)32-4/h6-13,22H,5H2,1-4H3/b20-13+. The van der Waals surface area contributed by atoms with E-state index in [1.165, 1.54) is 17.7 Å². The van der Waals surface area contributed by atoms with Crippen molar-refractivity contribution in [2.24, 2.45) is 4.99 Å². The third kappa shape index (κ3) is 4.14. The molecule has 176 valence electrons. The topological polar surface area (TPSA) is 79.1 Å². The van der Waals surface area contributed by atoms with Crippen LogP contribution in [0.15, 0.2) is 63.5 Å². The molecule has 1 aromatic heterocycles. The van der Waals surface area contributed by atoms with E-state index >= 15 is 0 Å². The molecule has 0 aliphatic carbocycles. The molecule has 3 aromatic rings. The summed E-state index contributed by atoms with van der Waals surface area (Å²) in [5, 5.41) is 0. The van der Waals surface area contributed by atoms with E-state index in [2.05, 4.69) is 4.99 Å². The number of carbonyl (C=O) groups excluding carboxylic acids is 1. The largest absolute Gasteiger partial charge is 0.493 e. The molecule has 0 spiro atoms. The molecule has 34 heavy (non-hydrogen) atoms. The van der Waals surface area contributed by atoms with Gasteiger partial charge in [-0.1, -0.05) is 35.6 Å². The van der Waals surface area contributed by atoms with E-state index < -0.39 is 17.8 Å². The van der Waals surface area contributed by atoms with Gasteiger partial charge in [0.1, 0.15) is 11.9 Å². The van der Waals surface area contributed by atoms with Crippen molar-refractivity contribution >= 4 is 23.4 Å². The summed E-state index contributed by atoms with van der Waals surface area (Å²) in [6.07, 6.45) is 1.70. The van der Waals surface area contributed by atoms with Crippen LogP contribution in [0.5, 0.6) is 11.5 Å². The van der Waals surface area contributed by atoms with Gasteiger partial charge < -0.3 is 14.2 Å². The number of methoxy groups -OCH3 is 2. The highest BCUT2D eigenvalue weighted by Gasteiger charge is 2.34. The quantitative estimate of drug-likeness (QED) is 0.505. The number of rotatable bonds is 6. The normalized spacial score (nSPS) is 15.6. The van der Waals surface area contributed by atoms with Gasteiger partial charge in [0.2, 0.25) is 0 Å². The highest BCUT2D eigenvalue weighted by atomic mass is 32.1. The summed E-state index contributed by atoms with van der Waals surface area (Å²) in [6, 6.07) is 10.4. The van der Waals surface area contributed by atoms with Crippen LogP contribution < -0.4 is 24.4 Å². The molecule has 9 heteroatoms. The lowest BCUT2D eigenvalue weighted by Gasteiger charge is -2.24. The Morgan fingerprint density at radius 2 is 1.91 bits per heavy atom. The molecule has 2 heterocycles. The van der Waals surface area contributed by atoms with Gasteiger partial charge in [0.25, 0.3) is 5.56 Å². The zero-order chi connectivity index (χ0) is 24.4. The van der Waals surface area contributed by atoms with E-state index in [0.717, 1.165) is 11.3 Å². The van der Waals surface area contributed by atoms with Gasteiger partial charge in [-0.05, 0) is 43.7 Å².